The molecule has 0 atom stereocenters. The van der Waals surface area contributed by atoms with Crippen molar-refractivity contribution in [3.05, 3.63) is 52.0 Å². The van der Waals surface area contributed by atoms with Gasteiger partial charge in [-0.25, -0.2) is 19.7 Å². The minimum atomic E-state index is -0.506. The number of imidazole rings is 1. The maximum absolute atomic E-state index is 12.1. The van der Waals surface area contributed by atoms with Crippen LogP contribution in [-0.4, -0.2) is 29.1 Å². The lowest BCUT2D eigenvalue weighted by Crippen LogP contribution is -2.29. The van der Waals surface area contributed by atoms with Gasteiger partial charge in [0.05, 0.1) is 0 Å². The molecule has 112 valence electrons. The van der Waals surface area contributed by atoms with E-state index in [4.69, 9.17) is 0 Å². The van der Waals surface area contributed by atoms with E-state index in [9.17, 15) is 9.59 Å². The van der Waals surface area contributed by atoms with E-state index >= 15 is 0 Å². The molecule has 0 aliphatic heterocycles. The number of rotatable bonds is 4. The smallest absolute Gasteiger partial charge is 0.309 e. The van der Waals surface area contributed by atoms with Gasteiger partial charge in [-0.2, -0.15) is 0 Å². The lowest BCUT2D eigenvalue weighted by Gasteiger charge is -2.04. The van der Waals surface area contributed by atoms with Crippen LogP contribution in [-0.2, 0) is 13.6 Å². The molecule has 9 heteroatoms. The number of nitrogens with one attached hydrogen (secondary N) is 1. The lowest BCUT2D eigenvalue weighted by atomic mass is 10.5. The third-order valence-electron chi connectivity index (χ3n) is 3.01. The summed E-state index contributed by atoms with van der Waals surface area (Å²) in [5.74, 6) is 0. The van der Waals surface area contributed by atoms with Crippen molar-refractivity contribution in [1.29, 1.82) is 0 Å². The summed E-state index contributed by atoms with van der Waals surface area (Å²) in [6.45, 7) is 4.07. The standard InChI is InChI=1S/C13H12N6O2S/c1-3-7-19-8-9(18(2)12(21)17-10(8)20)16-13(19)22-11-14-5-4-6-15-11/h3-6H,1,7H2,2H3,(H,17,20,21). The first-order chi connectivity index (χ1) is 10.6. The van der Waals surface area contributed by atoms with Crippen LogP contribution in [0.3, 0.4) is 0 Å². The molecule has 0 bridgehead atoms. The van der Waals surface area contributed by atoms with Gasteiger partial charge in [-0.15, -0.1) is 6.58 Å². The van der Waals surface area contributed by atoms with E-state index in [1.54, 1.807) is 36.2 Å². The lowest BCUT2D eigenvalue weighted by molar-refractivity contribution is 0.742. The molecule has 0 saturated heterocycles. The second-order valence-corrected chi connectivity index (χ2v) is 5.35. The predicted molar refractivity (Wildman–Crippen MR) is 81.9 cm³/mol. The van der Waals surface area contributed by atoms with Crippen molar-refractivity contribution in [1.82, 2.24) is 29.1 Å². The summed E-state index contributed by atoms with van der Waals surface area (Å²) >= 11 is 1.22. The average molecular weight is 316 g/mol. The van der Waals surface area contributed by atoms with Crippen LogP contribution in [0.25, 0.3) is 11.2 Å². The molecule has 0 aliphatic rings. The fraction of sp³-hybridized carbons (Fsp3) is 0.154. The SMILES string of the molecule is C=CCn1c(Sc2ncccn2)nc2c1c(=O)[nH]c(=O)n2C. The Hall–Kier alpha value is -2.68. The van der Waals surface area contributed by atoms with Crippen LogP contribution < -0.4 is 11.2 Å². The van der Waals surface area contributed by atoms with Gasteiger partial charge in [-0.05, 0) is 17.8 Å². The zero-order valence-electron chi connectivity index (χ0n) is 11.7. The number of fused-ring (bicyclic) bond motifs is 1. The molecule has 3 heterocycles. The van der Waals surface area contributed by atoms with Gasteiger partial charge in [-0.1, -0.05) is 6.08 Å². The van der Waals surface area contributed by atoms with Gasteiger partial charge in [0.2, 0.25) is 0 Å². The number of H-pyrrole nitrogens is 1. The molecule has 0 spiro atoms. The van der Waals surface area contributed by atoms with E-state index in [1.807, 2.05) is 0 Å². The quantitative estimate of drug-likeness (QED) is 0.557. The Morgan fingerprint density at radius 3 is 2.77 bits per heavy atom. The summed E-state index contributed by atoms with van der Waals surface area (Å²) in [6.07, 6.45) is 4.90. The van der Waals surface area contributed by atoms with Gasteiger partial charge < -0.3 is 4.57 Å². The third kappa shape index (κ3) is 2.35. The van der Waals surface area contributed by atoms with E-state index in [1.165, 1.54) is 16.3 Å². The molecule has 0 aliphatic carbocycles. The van der Waals surface area contributed by atoms with Gasteiger partial charge in [0, 0.05) is 26.0 Å². The summed E-state index contributed by atoms with van der Waals surface area (Å²) < 4.78 is 2.98. The van der Waals surface area contributed by atoms with E-state index in [0.29, 0.717) is 28.0 Å². The van der Waals surface area contributed by atoms with Crippen LogP contribution in [0.15, 0.2) is 51.0 Å². The molecular formula is C13H12N6O2S. The molecule has 0 saturated carbocycles. The Balaban J connectivity index is 2.26. The molecule has 0 radical (unpaired) electrons. The molecule has 3 rings (SSSR count). The molecule has 1 N–H and O–H groups in total. The summed E-state index contributed by atoms with van der Waals surface area (Å²) in [5.41, 5.74) is -0.351. The highest BCUT2D eigenvalue weighted by Gasteiger charge is 2.18. The molecule has 0 amide bonds. The Kier molecular flexibility index (Phi) is 3.63. The number of aromatic nitrogens is 6. The Labute approximate surface area is 128 Å². The maximum Gasteiger partial charge on any atom is 0.329 e. The van der Waals surface area contributed by atoms with Gasteiger partial charge in [-0.3, -0.25) is 14.3 Å². The molecule has 0 unspecified atom stereocenters. The fourth-order valence-corrected chi connectivity index (χ4v) is 2.81. The first-order valence-corrected chi connectivity index (χ1v) is 7.18. The second-order valence-electron chi connectivity index (χ2n) is 4.42. The van der Waals surface area contributed by atoms with Crippen molar-refractivity contribution >= 4 is 22.9 Å². The van der Waals surface area contributed by atoms with Crippen molar-refractivity contribution in [3.8, 4) is 0 Å². The number of allylic oxidation sites excluding steroid dienone is 1. The Morgan fingerprint density at radius 2 is 2.09 bits per heavy atom. The maximum atomic E-state index is 12.1. The Morgan fingerprint density at radius 1 is 1.36 bits per heavy atom. The summed E-state index contributed by atoms with van der Waals surface area (Å²) in [5, 5.41) is 1.03. The highest BCUT2D eigenvalue weighted by molar-refractivity contribution is 7.99. The molecule has 0 fully saturated rings. The summed E-state index contributed by atoms with van der Waals surface area (Å²) in [7, 11) is 1.55. The van der Waals surface area contributed by atoms with Crippen molar-refractivity contribution in [2.24, 2.45) is 7.05 Å². The molecule has 8 nitrogen and oxygen atoms in total. The van der Waals surface area contributed by atoms with Crippen molar-refractivity contribution < 1.29 is 0 Å². The van der Waals surface area contributed by atoms with Gasteiger partial charge in [0.15, 0.2) is 21.5 Å². The first kappa shape index (κ1) is 14.3. The minimum Gasteiger partial charge on any atom is -0.309 e. The molecule has 22 heavy (non-hydrogen) atoms. The number of nitrogens with zero attached hydrogens (tertiary/aromatic N) is 5. The first-order valence-electron chi connectivity index (χ1n) is 6.37. The highest BCUT2D eigenvalue weighted by atomic mass is 32.2. The van der Waals surface area contributed by atoms with E-state index in [0.717, 1.165) is 0 Å². The number of aromatic amines is 1. The average Bonchev–Trinajstić information content (AvgIpc) is 2.86. The van der Waals surface area contributed by atoms with E-state index in [-0.39, 0.29) is 0 Å². The predicted octanol–water partition coefficient (Wildman–Crippen LogP) is 0.550. The molecule has 3 aromatic heterocycles. The van der Waals surface area contributed by atoms with Crippen LogP contribution in [0.1, 0.15) is 0 Å². The summed E-state index contributed by atoms with van der Waals surface area (Å²) in [4.78, 5) is 38.7. The Bertz CT molecular complexity index is 956. The monoisotopic (exact) mass is 316 g/mol. The van der Waals surface area contributed by atoms with E-state index in [2.05, 4.69) is 26.5 Å². The van der Waals surface area contributed by atoms with Crippen LogP contribution >= 0.6 is 11.8 Å². The topological polar surface area (TPSA) is 98.5 Å². The molecule has 0 aromatic carbocycles. The van der Waals surface area contributed by atoms with E-state index < -0.39 is 11.2 Å². The van der Waals surface area contributed by atoms with Crippen LogP contribution in [0.5, 0.6) is 0 Å². The fourth-order valence-electron chi connectivity index (χ4n) is 2.01. The highest BCUT2D eigenvalue weighted by Crippen LogP contribution is 2.25. The molecular weight excluding hydrogens is 304 g/mol. The van der Waals surface area contributed by atoms with Crippen molar-refractivity contribution in [3.63, 3.8) is 0 Å². The minimum absolute atomic E-state index is 0.314. The third-order valence-corrected chi connectivity index (χ3v) is 3.90. The van der Waals surface area contributed by atoms with Gasteiger partial charge in [0.1, 0.15) is 0 Å². The molecule has 3 aromatic rings. The van der Waals surface area contributed by atoms with Crippen LogP contribution in [0, 0.1) is 0 Å². The zero-order valence-corrected chi connectivity index (χ0v) is 12.5. The number of hydrogen-bond acceptors (Lipinski definition) is 6. The zero-order chi connectivity index (χ0) is 15.7. The van der Waals surface area contributed by atoms with Crippen molar-refractivity contribution in [2.45, 2.75) is 16.9 Å². The number of hydrogen-bond donors (Lipinski definition) is 1. The largest absolute Gasteiger partial charge is 0.329 e. The van der Waals surface area contributed by atoms with Crippen LogP contribution in [0.2, 0.25) is 0 Å². The second kappa shape index (κ2) is 5.60. The van der Waals surface area contributed by atoms with Gasteiger partial charge in [0.25, 0.3) is 5.56 Å². The van der Waals surface area contributed by atoms with Crippen molar-refractivity contribution in [2.75, 3.05) is 0 Å². The van der Waals surface area contributed by atoms with Crippen LogP contribution in [0.4, 0.5) is 0 Å². The summed E-state index contributed by atoms with van der Waals surface area (Å²) in [6, 6.07) is 1.71. The normalized spacial score (nSPS) is 11.0. The van der Waals surface area contributed by atoms with Gasteiger partial charge >= 0.3 is 5.69 Å². The number of aryl methyl sites for hydroxylation is 1.